The highest BCUT2D eigenvalue weighted by Gasteiger charge is 2.72. The summed E-state index contributed by atoms with van der Waals surface area (Å²) in [6, 6.07) is 28.5. The summed E-state index contributed by atoms with van der Waals surface area (Å²) in [5, 5.41) is 2.93. The second kappa shape index (κ2) is 11.6. The van der Waals surface area contributed by atoms with Crippen molar-refractivity contribution >= 4 is 46.6 Å². The lowest BCUT2D eigenvalue weighted by Crippen LogP contribution is -2.57. The van der Waals surface area contributed by atoms with Gasteiger partial charge in [-0.2, -0.15) is 0 Å². The van der Waals surface area contributed by atoms with Crippen LogP contribution < -0.4 is 10.1 Å². The smallest absolute Gasteiger partial charge is 0.235 e. The van der Waals surface area contributed by atoms with Gasteiger partial charge in [-0.3, -0.25) is 19.3 Å². The number of hydrogen-bond donors (Lipinski definition) is 1. The van der Waals surface area contributed by atoms with Crippen molar-refractivity contribution in [1.29, 1.82) is 0 Å². The molecular formula is C38H34Cl2N2O4. The van der Waals surface area contributed by atoms with Crippen LogP contribution in [0.15, 0.2) is 91.0 Å². The Kier molecular flexibility index (Phi) is 7.69. The number of rotatable bonds is 9. The number of nitrogens with zero attached hydrogens (tertiary/aromatic N) is 1. The Balaban J connectivity index is 0.946. The van der Waals surface area contributed by atoms with E-state index in [2.05, 4.69) is 12.2 Å². The van der Waals surface area contributed by atoms with Crippen LogP contribution in [0.2, 0.25) is 0 Å². The molecule has 0 saturated carbocycles. The molecule has 1 N–H and O–H groups in total. The summed E-state index contributed by atoms with van der Waals surface area (Å²) in [7, 11) is 0. The Morgan fingerprint density at radius 3 is 1.76 bits per heavy atom. The monoisotopic (exact) mass is 652 g/mol. The molecule has 0 radical (unpaired) electrons. The first-order valence-electron chi connectivity index (χ1n) is 15.7. The quantitative estimate of drug-likeness (QED) is 0.112. The number of benzene rings is 4. The van der Waals surface area contributed by atoms with E-state index in [1.807, 2.05) is 97.9 Å². The fourth-order valence-electron chi connectivity index (χ4n) is 7.42. The van der Waals surface area contributed by atoms with Gasteiger partial charge in [0.15, 0.2) is 0 Å². The van der Waals surface area contributed by atoms with Gasteiger partial charge in [-0.15, -0.1) is 23.2 Å². The first-order valence-corrected chi connectivity index (χ1v) is 16.5. The molecule has 3 aliphatic carbocycles. The molecule has 8 rings (SSSR count). The maximum Gasteiger partial charge on any atom is 0.235 e. The molecule has 1 saturated heterocycles. The molecule has 4 aliphatic rings. The molecule has 46 heavy (non-hydrogen) atoms. The van der Waals surface area contributed by atoms with Gasteiger partial charge in [0, 0.05) is 18.7 Å². The van der Waals surface area contributed by atoms with Crippen molar-refractivity contribution in [2.45, 2.75) is 49.3 Å². The van der Waals surface area contributed by atoms with Gasteiger partial charge in [-0.25, -0.2) is 0 Å². The van der Waals surface area contributed by atoms with E-state index in [0.29, 0.717) is 37.1 Å². The third-order valence-corrected chi connectivity index (χ3v) is 11.1. The molecule has 0 aromatic heterocycles. The van der Waals surface area contributed by atoms with Crippen molar-refractivity contribution in [3.05, 3.63) is 124 Å². The number of alkyl halides is 2. The fourth-order valence-corrected chi connectivity index (χ4v) is 8.52. The molecule has 4 aromatic rings. The van der Waals surface area contributed by atoms with Gasteiger partial charge in [0.25, 0.3) is 0 Å². The molecule has 1 aliphatic heterocycles. The van der Waals surface area contributed by atoms with Crippen LogP contribution in [-0.2, 0) is 24.1 Å². The minimum atomic E-state index is -1.17. The second-order valence-corrected chi connectivity index (χ2v) is 13.7. The molecule has 0 unspecified atom stereocenters. The van der Waals surface area contributed by atoms with E-state index in [4.69, 9.17) is 27.9 Å². The maximum atomic E-state index is 13.9. The van der Waals surface area contributed by atoms with Crippen LogP contribution >= 0.6 is 23.2 Å². The van der Waals surface area contributed by atoms with E-state index >= 15 is 0 Å². The van der Waals surface area contributed by atoms with Crippen molar-refractivity contribution in [2.75, 3.05) is 11.9 Å². The number of hydrogen-bond acceptors (Lipinski definition) is 4. The SMILES string of the molecule is Cc1ccc(Oc2ccc(NC(=O)CCCCCN3C(=O)[C@@H]4[C@@H](C3=O)C3(Cl)c5ccccc5C4(Cl)c4ccccc43)cc2)cc1C. The molecule has 1 heterocycles. The average molecular weight is 654 g/mol. The molecule has 4 aromatic carbocycles. The maximum absolute atomic E-state index is 13.9. The highest BCUT2D eigenvalue weighted by Crippen LogP contribution is 2.69. The third kappa shape index (κ3) is 4.73. The molecule has 0 spiro atoms. The highest BCUT2D eigenvalue weighted by molar-refractivity contribution is 6.36. The predicted molar refractivity (Wildman–Crippen MR) is 179 cm³/mol. The lowest BCUT2D eigenvalue weighted by atomic mass is 9.54. The van der Waals surface area contributed by atoms with Crippen molar-refractivity contribution < 1.29 is 19.1 Å². The van der Waals surface area contributed by atoms with E-state index in [-0.39, 0.29) is 24.3 Å². The Hall–Kier alpha value is -4.13. The number of halogens is 2. The lowest BCUT2D eigenvalue weighted by molar-refractivity contribution is -0.140. The largest absolute Gasteiger partial charge is 0.457 e. The van der Waals surface area contributed by atoms with Gasteiger partial charge in [0.2, 0.25) is 17.7 Å². The van der Waals surface area contributed by atoms with E-state index in [0.717, 1.165) is 33.6 Å². The Morgan fingerprint density at radius 2 is 1.24 bits per heavy atom. The summed E-state index contributed by atoms with van der Waals surface area (Å²) in [6.45, 7) is 4.37. The van der Waals surface area contributed by atoms with Crippen molar-refractivity contribution in [2.24, 2.45) is 11.8 Å². The standard InChI is InChI=1S/C38H34Cl2N2O4/c1-23-15-18-27(22-24(23)2)46-26-19-16-25(17-20-26)41-32(43)14-4-3-9-21-42-35(44)33-34(36(42)45)38(40)29-11-6-5-10-28(29)37(33,39)30-12-7-8-13-31(30)38/h5-8,10-13,15-20,22,33-34H,3-4,9,14,21H2,1-2H3,(H,41,43)/t33-,34-,37?,38?/m0/s1. The number of amides is 3. The zero-order chi connectivity index (χ0) is 32.2. The van der Waals surface area contributed by atoms with E-state index in [9.17, 15) is 14.4 Å². The molecule has 8 heteroatoms. The summed E-state index contributed by atoms with van der Waals surface area (Å²) >= 11 is 15.0. The van der Waals surface area contributed by atoms with Gasteiger partial charge in [-0.1, -0.05) is 61.0 Å². The van der Waals surface area contributed by atoms with Gasteiger partial charge in [0.05, 0.1) is 11.8 Å². The summed E-state index contributed by atoms with van der Waals surface area (Å²) < 4.78 is 5.93. The number of imide groups is 1. The highest BCUT2D eigenvalue weighted by atomic mass is 35.5. The third-order valence-electron chi connectivity index (χ3n) is 9.81. The first kappa shape index (κ1) is 30.5. The number of carbonyl (C=O) groups is 3. The van der Waals surface area contributed by atoms with Crippen LogP contribution in [0.3, 0.4) is 0 Å². The van der Waals surface area contributed by atoms with Crippen LogP contribution in [0.4, 0.5) is 5.69 Å². The number of aryl methyl sites for hydroxylation is 2. The number of likely N-dealkylation sites (tertiary alicyclic amines) is 1. The van der Waals surface area contributed by atoms with Crippen LogP contribution in [0, 0.1) is 25.7 Å². The van der Waals surface area contributed by atoms with Crippen LogP contribution in [0.25, 0.3) is 0 Å². The predicted octanol–water partition coefficient (Wildman–Crippen LogP) is 8.19. The van der Waals surface area contributed by atoms with Crippen LogP contribution in [0.1, 0.15) is 59.1 Å². The van der Waals surface area contributed by atoms with Crippen molar-refractivity contribution in [3.8, 4) is 11.5 Å². The van der Waals surface area contributed by atoms with E-state index in [1.165, 1.54) is 10.5 Å². The van der Waals surface area contributed by atoms with E-state index in [1.54, 1.807) is 0 Å². The van der Waals surface area contributed by atoms with Crippen LogP contribution in [-0.4, -0.2) is 29.2 Å². The Labute approximate surface area is 278 Å². The number of unbranched alkanes of at least 4 members (excludes halogenated alkanes) is 2. The summed E-state index contributed by atoms with van der Waals surface area (Å²) in [4.78, 5) is 39.5. The fraction of sp³-hybridized carbons (Fsp3) is 0.289. The van der Waals surface area contributed by atoms with Gasteiger partial charge in [-0.05, 0) is 96.5 Å². The molecular weight excluding hydrogens is 619 g/mol. The van der Waals surface area contributed by atoms with Gasteiger partial charge in [0.1, 0.15) is 21.2 Å². The topological polar surface area (TPSA) is 75.7 Å². The van der Waals surface area contributed by atoms with Crippen LogP contribution in [0.5, 0.6) is 11.5 Å². The minimum Gasteiger partial charge on any atom is -0.457 e. The number of anilines is 1. The first-order chi connectivity index (χ1) is 22.1. The molecule has 234 valence electrons. The Morgan fingerprint density at radius 1 is 0.717 bits per heavy atom. The number of carbonyl (C=O) groups excluding carboxylic acids is 3. The average Bonchev–Trinajstić information content (AvgIpc) is 3.32. The van der Waals surface area contributed by atoms with Gasteiger partial charge >= 0.3 is 0 Å². The summed E-state index contributed by atoms with van der Waals surface area (Å²) in [5.41, 5.74) is 6.24. The molecule has 3 amide bonds. The van der Waals surface area contributed by atoms with E-state index < -0.39 is 21.6 Å². The molecule has 2 bridgehead atoms. The van der Waals surface area contributed by atoms with Gasteiger partial charge < -0.3 is 10.1 Å². The zero-order valence-electron chi connectivity index (χ0n) is 25.7. The molecule has 6 nitrogen and oxygen atoms in total. The van der Waals surface area contributed by atoms with Crippen molar-refractivity contribution in [1.82, 2.24) is 4.90 Å². The zero-order valence-corrected chi connectivity index (χ0v) is 27.2. The summed E-state index contributed by atoms with van der Waals surface area (Å²) in [5.74, 6) is -0.762. The minimum absolute atomic E-state index is 0.0950. The normalized spacial score (nSPS) is 24.0. The van der Waals surface area contributed by atoms with Crippen molar-refractivity contribution in [3.63, 3.8) is 0 Å². The second-order valence-electron chi connectivity index (χ2n) is 12.5. The Bertz CT molecular complexity index is 1750. The number of ether oxygens (including phenoxy) is 1. The summed E-state index contributed by atoms with van der Waals surface area (Å²) in [6.07, 6.45) is 2.22. The number of nitrogens with one attached hydrogen (secondary N) is 1. The molecule has 1 fully saturated rings. The lowest BCUT2D eigenvalue weighted by Gasteiger charge is -2.54. The molecule has 2 atom stereocenters.